The fourth-order valence-corrected chi connectivity index (χ4v) is 3.06. The minimum absolute atomic E-state index is 0.115. The number of hydrogen-bond acceptors (Lipinski definition) is 8. The summed E-state index contributed by atoms with van der Waals surface area (Å²) < 4.78 is 30.5. The number of aromatic nitrogens is 2. The Morgan fingerprint density at radius 1 is 1.20 bits per heavy atom. The van der Waals surface area contributed by atoms with E-state index in [1.807, 2.05) is 0 Å². The molecule has 3 heterocycles. The van der Waals surface area contributed by atoms with E-state index in [0.29, 0.717) is 17.9 Å². The summed E-state index contributed by atoms with van der Waals surface area (Å²) in [6, 6.07) is 7.60. The van der Waals surface area contributed by atoms with Gasteiger partial charge in [0.2, 0.25) is 5.95 Å². The molecule has 1 aliphatic heterocycles. The van der Waals surface area contributed by atoms with Crippen LogP contribution in [0.2, 0.25) is 0 Å². The van der Waals surface area contributed by atoms with E-state index in [-0.39, 0.29) is 22.9 Å². The molecular formula is C20H19FN4O5. The summed E-state index contributed by atoms with van der Waals surface area (Å²) in [5, 5.41) is 10.9. The van der Waals surface area contributed by atoms with Gasteiger partial charge in [-0.05, 0) is 30.4 Å². The van der Waals surface area contributed by atoms with Crippen LogP contribution in [0.5, 0.6) is 5.75 Å². The van der Waals surface area contributed by atoms with Crippen LogP contribution < -0.4 is 4.74 Å². The molecule has 10 heteroatoms. The van der Waals surface area contributed by atoms with Gasteiger partial charge in [0.25, 0.3) is 0 Å². The van der Waals surface area contributed by atoms with Gasteiger partial charge in [-0.2, -0.15) is 9.37 Å². The number of nitrogens with zero attached hydrogens (tertiary/aromatic N) is 4. The van der Waals surface area contributed by atoms with Crippen molar-refractivity contribution in [2.45, 2.75) is 0 Å². The summed E-state index contributed by atoms with van der Waals surface area (Å²) >= 11 is 0. The number of morpholine rings is 1. The molecule has 156 valence electrons. The Balaban J connectivity index is 1.46. The van der Waals surface area contributed by atoms with Crippen LogP contribution in [-0.4, -0.2) is 59.2 Å². The molecule has 2 aromatic heterocycles. The molecule has 9 nitrogen and oxygen atoms in total. The maximum Gasteiger partial charge on any atom is 0.433 e. The predicted molar refractivity (Wildman–Crippen MR) is 107 cm³/mol. The van der Waals surface area contributed by atoms with Crippen molar-refractivity contribution in [2.75, 3.05) is 39.5 Å². The SMILES string of the molecule is O=[N+]([O-])c1ccc(C=Cc2nc(F)c3ccc(OCCN4CCOCC4)cc3n2)o1. The number of hydrogen-bond donors (Lipinski definition) is 0. The quantitative estimate of drug-likeness (QED) is 0.330. The molecule has 0 aliphatic carbocycles. The average molecular weight is 414 g/mol. The van der Waals surface area contributed by atoms with E-state index in [1.54, 1.807) is 18.2 Å². The van der Waals surface area contributed by atoms with Gasteiger partial charge in [0.15, 0.2) is 5.82 Å². The molecule has 1 aliphatic rings. The van der Waals surface area contributed by atoms with Gasteiger partial charge in [-0.3, -0.25) is 15.0 Å². The summed E-state index contributed by atoms with van der Waals surface area (Å²) in [5.41, 5.74) is 0.399. The molecule has 4 rings (SSSR count). The predicted octanol–water partition coefficient (Wildman–Crippen LogP) is 3.15. The number of halogens is 1. The maximum absolute atomic E-state index is 14.4. The Labute approximate surface area is 170 Å². The third kappa shape index (κ3) is 4.78. The number of ether oxygens (including phenoxy) is 2. The molecule has 1 saturated heterocycles. The van der Waals surface area contributed by atoms with Crippen molar-refractivity contribution >= 4 is 28.9 Å². The van der Waals surface area contributed by atoms with Crippen molar-refractivity contribution in [1.29, 1.82) is 0 Å². The third-order valence-corrected chi connectivity index (χ3v) is 4.61. The van der Waals surface area contributed by atoms with Gasteiger partial charge >= 0.3 is 5.88 Å². The first-order valence-electron chi connectivity index (χ1n) is 9.41. The smallest absolute Gasteiger partial charge is 0.433 e. The Morgan fingerprint density at radius 2 is 2.03 bits per heavy atom. The summed E-state index contributed by atoms with van der Waals surface area (Å²) in [4.78, 5) is 20.4. The second-order valence-corrected chi connectivity index (χ2v) is 6.62. The van der Waals surface area contributed by atoms with Gasteiger partial charge in [-0.25, -0.2) is 4.98 Å². The van der Waals surface area contributed by atoms with E-state index in [2.05, 4.69) is 14.9 Å². The summed E-state index contributed by atoms with van der Waals surface area (Å²) in [6.45, 7) is 4.51. The average Bonchev–Trinajstić information content (AvgIpc) is 3.22. The van der Waals surface area contributed by atoms with E-state index < -0.39 is 10.9 Å². The van der Waals surface area contributed by atoms with Gasteiger partial charge in [0.1, 0.15) is 23.0 Å². The lowest BCUT2D eigenvalue weighted by Gasteiger charge is -2.26. The fraction of sp³-hybridized carbons (Fsp3) is 0.300. The highest BCUT2D eigenvalue weighted by Gasteiger charge is 2.12. The molecule has 0 radical (unpaired) electrons. The van der Waals surface area contributed by atoms with Crippen molar-refractivity contribution in [3.8, 4) is 5.75 Å². The highest BCUT2D eigenvalue weighted by Crippen LogP contribution is 2.22. The Morgan fingerprint density at radius 3 is 2.80 bits per heavy atom. The number of furan rings is 1. The standard InChI is InChI=1S/C20H19FN4O5/c21-20-16-4-1-15(29-12-9-24-7-10-28-11-8-24)13-17(16)22-18(23-20)5-2-14-3-6-19(30-14)25(26)27/h1-6,13H,7-12H2. The maximum atomic E-state index is 14.4. The van der Waals surface area contributed by atoms with E-state index >= 15 is 0 Å². The number of fused-ring (bicyclic) bond motifs is 1. The molecule has 0 unspecified atom stereocenters. The van der Waals surface area contributed by atoms with Crippen molar-refractivity contribution in [3.63, 3.8) is 0 Å². The fourth-order valence-electron chi connectivity index (χ4n) is 3.06. The van der Waals surface area contributed by atoms with Crippen molar-refractivity contribution in [1.82, 2.24) is 14.9 Å². The van der Waals surface area contributed by atoms with Crippen LogP contribution in [-0.2, 0) is 4.74 Å². The van der Waals surface area contributed by atoms with Crippen LogP contribution in [0.3, 0.4) is 0 Å². The van der Waals surface area contributed by atoms with Crippen LogP contribution in [0.25, 0.3) is 23.1 Å². The number of rotatable bonds is 7. The summed E-state index contributed by atoms with van der Waals surface area (Å²) in [7, 11) is 0. The van der Waals surface area contributed by atoms with E-state index in [9.17, 15) is 14.5 Å². The lowest BCUT2D eigenvalue weighted by Crippen LogP contribution is -2.38. The lowest BCUT2D eigenvalue weighted by molar-refractivity contribution is -0.402. The molecule has 0 atom stereocenters. The molecule has 3 aromatic rings. The van der Waals surface area contributed by atoms with E-state index in [0.717, 1.165) is 32.8 Å². The molecule has 30 heavy (non-hydrogen) atoms. The van der Waals surface area contributed by atoms with Gasteiger partial charge in [0.05, 0.1) is 30.2 Å². The van der Waals surface area contributed by atoms with Crippen LogP contribution in [0, 0.1) is 16.1 Å². The largest absolute Gasteiger partial charge is 0.492 e. The van der Waals surface area contributed by atoms with Gasteiger partial charge in [0, 0.05) is 25.7 Å². The first-order chi connectivity index (χ1) is 14.6. The molecular weight excluding hydrogens is 395 g/mol. The summed E-state index contributed by atoms with van der Waals surface area (Å²) in [6.07, 6.45) is 2.87. The van der Waals surface area contributed by atoms with Crippen LogP contribution >= 0.6 is 0 Å². The minimum Gasteiger partial charge on any atom is -0.492 e. The molecule has 0 spiro atoms. The topological polar surface area (TPSA) is 104 Å². The molecule has 0 saturated carbocycles. The molecule has 0 amide bonds. The minimum atomic E-state index is -0.662. The number of benzene rings is 1. The second-order valence-electron chi connectivity index (χ2n) is 6.62. The molecule has 1 aromatic carbocycles. The molecule has 1 fully saturated rings. The highest BCUT2D eigenvalue weighted by atomic mass is 19.1. The zero-order valence-corrected chi connectivity index (χ0v) is 16.0. The van der Waals surface area contributed by atoms with Gasteiger partial charge in [-0.1, -0.05) is 0 Å². The second kappa shape index (κ2) is 8.97. The monoisotopic (exact) mass is 414 g/mol. The van der Waals surface area contributed by atoms with Crippen molar-refractivity contribution < 1.29 is 23.2 Å². The Hall–Kier alpha value is -3.37. The zero-order valence-electron chi connectivity index (χ0n) is 16.0. The van der Waals surface area contributed by atoms with Crippen LogP contribution in [0.15, 0.2) is 34.7 Å². The molecule has 0 bridgehead atoms. The summed E-state index contributed by atoms with van der Waals surface area (Å²) in [5.74, 6) is -0.0926. The first-order valence-corrected chi connectivity index (χ1v) is 9.41. The Bertz CT molecular complexity index is 1080. The zero-order chi connectivity index (χ0) is 20.9. The van der Waals surface area contributed by atoms with Crippen molar-refractivity contribution in [3.05, 3.63) is 58.0 Å². The van der Waals surface area contributed by atoms with Gasteiger partial charge in [-0.15, -0.1) is 0 Å². The molecule has 0 N–H and O–H groups in total. The third-order valence-electron chi connectivity index (χ3n) is 4.61. The Kier molecular flexibility index (Phi) is 5.96. The van der Waals surface area contributed by atoms with E-state index in [4.69, 9.17) is 13.9 Å². The van der Waals surface area contributed by atoms with Gasteiger partial charge < -0.3 is 13.9 Å². The van der Waals surface area contributed by atoms with Crippen molar-refractivity contribution in [2.24, 2.45) is 0 Å². The lowest BCUT2D eigenvalue weighted by atomic mass is 10.2. The number of nitro groups is 1. The first kappa shape index (κ1) is 19.9. The van der Waals surface area contributed by atoms with Crippen LogP contribution in [0.4, 0.5) is 10.3 Å². The van der Waals surface area contributed by atoms with Crippen LogP contribution in [0.1, 0.15) is 11.6 Å². The highest BCUT2D eigenvalue weighted by molar-refractivity contribution is 5.81. The van der Waals surface area contributed by atoms with E-state index in [1.165, 1.54) is 24.3 Å². The normalized spacial score (nSPS) is 15.1.